The second-order valence-electron chi connectivity index (χ2n) is 3.17. The topological polar surface area (TPSA) is 63.8 Å². The number of aryl methyl sites for hydroxylation is 1. The summed E-state index contributed by atoms with van der Waals surface area (Å²) in [4.78, 5) is 8.37. The van der Waals surface area contributed by atoms with Crippen LogP contribution in [-0.2, 0) is 6.54 Å². The van der Waals surface area contributed by atoms with Crippen LogP contribution in [0.1, 0.15) is 18.3 Å². The molecule has 72 valence electrons. The Kier molecular flexibility index (Phi) is 3.79. The van der Waals surface area contributed by atoms with E-state index in [4.69, 9.17) is 5.73 Å². The lowest BCUT2D eigenvalue weighted by atomic mass is 10.3. The van der Waals surface area contributed by atoms with Crippen LogP contribution in [-0.4, -0.2) is 22.6 Å². The monoisotopic (exact) mass is 180 g/mol. The minimum Gasteiger partial charge on any atom is -0.329 e. The maximum Gasteiger partial charge on any atom is 0.0724 e. The maximum atomic E-state index is 5.46. The first kappa shape index (κ1) is 10.1. The van der Waals surface area contributed by atoms with Crippen molar-refractivity contribution in [1.29, 1.82) is 0 Å². The van der Waals surface area contributed by atoms with E-state index < -0.39 is 0 Å². The number of nitrogens with one attached hydrogen (secondary N) is 1. The van der Waals surface area contributed by atoms with Crippen molar-refractivity contribution in [1.82, 2.24) is 15.3 Å². The van der Waals surface area contributed by atoms with Gasteiger partial charge < -0.3 is 11.1 Å². The Balaban J connectivity index is 2.41. The summed E-state index contributed by atoms with van der Waals surface area (Å²) in [5.74, 6) is 0. The standard InChI is InChI=1S/C9H16N4/c1-7(3-10)11-5-9-6-12-8(2)4-13-9/h4,6-7,11H,3,5,10H2,1-2H3/t7-/m1/s1. The Bertz CT molecular complexity index is 244. The van der Waals surface area contributed by atoms with Crippen LogP contribution < -0.4 is 11.1 Å². The number of nitrogens with zero attached hydrogens (tertiary/aromatic N) is 2. The van der Waals surface area contributed by atoms with Gasteiger partial charge in [0.15, 0.2) is 0 Å². The predicted molar refractivity (Wildman–Crippen MR) is 52.1 cm³/mol. The molecule has 0 aliphatic rings. The smallest absolute Gasteiger partial charge is 0.0724 e. The number of nitrogens with two attached hydrogens (primary N) is 1. The maximum absolute atomic E-state index is 5.46. The molecule has 0 saturated heterocycles. The third-order valence-corrected chi connectivity index (χ3v) is 1.82. The third-order valence-electron chi connectivity index (χ3n) is 1.82. The first-order valence-corrected chi connectivity index (χ1v) is 4.43. The van der Waals surface area contributed by atoms with Crippen molar-refractivity contribution in [3.63, 3.8) is 0 Å². The van der Waals surface area contributed by atoms with Crippen molar-refractivity contribution in [2.24, 2.45) is 5.73 Å². The Morgan fingerprint density at radius 3 is 2.77 bits per heavy atom. The third kappa shape index (κ3) is 3.48. The first-order chi connectivity index (χ1) is 6.22. The van der Waals surface area contributed by atoms with Crippen LogP contribution >= 0.6 is 0 Å². The van der Waals surface area contributed by atoms with E-state index in [1.165, 1.54) is 0 Å². The highest BCUT2D eigenvalue weighted by molar-refractivity contribution is 5.00. The largest absolute Gasteiger partial charge is 0.329 e. The Labute approximate surface area is 78.6 Å². The lowest BCUT2D eigenvalue weighted by Gasteiger charge is -2.09. The molecule has 0 saturated carbocycles. The van der Waals surface area contributed by atoms with E-state index in [2.05, 4.69) is 15.3 Å². The number of hydrogen-bond acceptors (Lipinski definition) is 4. The van der Waals surface area contributed by atoms with Crippen molar-refractivity contribution < 1.29 is 0 Å². The molecule has 4 nitrogen and oxygen atoms in total. The normalized spacial score (nSPS) is 12.8. The molecule has 0 fully saturated rings. The van der Waals surface area contributed by atoms with E-state index in [1.54, 1.807) is 12.4 Å². The quantitative estimate of drug-likeness (QED) is 0.696. The molecule has 1 aromatic heterocycles. The molecule has 1 heterocycles. The van der Waals surface area contributed by atoms with Gasteiger partial charge in [-0.3, -0.25) is 9.97 Å². The fraction of sp³-hybridized carbons (Fsp3) is 0.556. The lowest BCUT2D eigenvalue weighted by molar-refractivity contribution is 0.549. The molecule has 13 heavy (non-hydrogen) atoms. The average Bonchev–Trinajstić information content (AvgIpc) is 2.16. The molecule has 0 unspecified atom stereocenters. The van der Waals surface area contributed by atoms with E-state index in [0.717, 1.165) is 17.9 Å². The van der Waals surface area contributed by atoms with Gasteiger partial charge >= 0.3 is 0 Å². The number of hydrogen-bond donors (Lipinski definition) is 2. The average molecular weight is 180 g/mol. The molecule has 1 aromatic rings. The van der Waals surface area contributed by atoms with Crippen LogP contribution in [0, 0.1) is 6.92 Å². The van der Waals surface area contributed by atoms with Crippen molar-refractivity contribution in [2.75, 3.05) is 6.54 Å². The van der Waals surface area contributed by atoms with Gasteiger partial charge in [-0.1, -0.05) is 0 Å². The van der Waals surface area contributed by atoms with Crippen LogP contribution in [0.25, 0.3) is 0 Å². The fourth-order valence-electron chi connectivity index (χ4n) is 0.873. The van der Waals surface area contributed by atoms with Gasteiger partial charge in [0.1, 0.15) is 0 Å². The molecule has 0 aromatic carbocycles. The van der Waals surface area contributed by atoms with Crippen LogP contribution in [0.5, 0.6) is 0 Å². The number of aromatic nitrogens is 2. The van der Waals surface area contributed by atoms with Crippen LogP contribution in [0.3, 0.4) is 0 Å². The van der Waals surface area contributed by atoms with Gasteiger partial charge in [0.25, 0.3) is 0 Å². The zero-order valence-corrected chi connectivity index (χ0v) is 8.12. The molecule has 1 atom stereocenters. The second-order valence-corrected chi connectivity index (χ2v) is 3.17. The summed E-state index contributed by atoms with van der Waals surface area (Å²) in [5, 5.41) is 3.24. The van der Waals surface area contributed by atoms with E-state index >= 15 is 0 Å². The Morgan fingerprint density at radius 2 is 2.23 bits per heavy atom. The van der Waals surface area contributed by atoms with Crippen molar-refractivity contribution in [2.45, 2.75) is 26.4 Å². The summed E-state index contributed by atoms with van der Waals surface area (Å²) in [6.45, 7) is 5.33. The predicted octanol–water partition coefficient (Wildman–Crippen LogP) is 0.222. The first-order valence-electron chi connectivity index (χ1n) is 4.43. The fourth-order valence-corrected chi connectivity index (χ4v) is 0.873. The van der Waals surface area contributed by atoms with Crippen molar-refractivity contribution >= 4 is 0 Å². The van der Waals surface area contributed by atoms with Gasteiger partial charge in [-0.05, 0) is 13.8 Å². The summed E-state index contributed by atoms with van der Waals surface area (Å²) in [6, 6.07) is 0.322. The Hall–Kier alpha value is -1.00. The molecule has 0 radical (unpaired) electrons. The van der Waals surface area contributed by atoms with E-state index in [0.29, 0.717) is 12.6 Å². The van der Waals surface area contributed by atoms with Gasteiger partial charge in [0.05, 0.1) is 11.4 Å². The molecule has 4 heteroatoms. The zero-order valence-electron chi connectivity index (χ0n) is 8.12. The van der Waals surface area contributed by atoms with Gasteiger partial charge in [0, 0.05) is 31.5 Å². The summed E-state index contributed by atoms with van der Waals surface area (Å²) in [6.07, 6.45) is 3.55. The SMILES string of the molecule is Cc1cnc(CN[C@H](C)CN)cn1. The molecule has 0 spiro atoms. The molecule has 0 amide bonds. The molecular formula is C9H16N4. The lowest BCUT2D eigenvalue weighted by Crippen LogP contribution is -2.32. The minimum atomic E-state index is 0.322. The summed E-state index contributed by atoms with van der Waals surface area (Å²) in [7, 11) is 0. The summed E-state index contributed by atoms with van der Waals surface area (Å²) >= 11 is 0. The molecular weight excluding hydrogens is 164 g/mol. The van der Waals surface area contributed by atoms with Crippen LogP contribution in [0.2, 0.25) is 0 Å². The van der Waals surface area contributed by atoms with E-state index in [1.807, 2.05) is 13.8 Å². The van der Waals surface area contributed by atoms with Gasteiger partial charge in [-0.15, -0.1) is 0 Å². The van der Waals surface area contributed by atoms with Crippen LogP contribution in [0.4, 0.5) is 0 Å². The highest BCUT2D eigenvalue weighted by atomic mass is 14.9. The molecule has 3 N–H and O–H groups in total. The van der Waals surface area contributed by atoms with Crippen LogP contribution in [0.15, 0.2) is 12.4 Å². The summed E-state index contributed by atoms with van der Waals surface area (Å²) in [5.41, 5.74) is 7.35. The van der Waals surface area contributed by atoms with Crippen molar-refractivity contribution in [3.8, 4) is 0 Å². The Morgan fingerprint density at radius 1 is 1.46 bits per heavy atom. The highest BCUT2D eigenvalue weighted by Gasteiger charge is 1.98. The molecule has 0 bridgehead atoms. The van der Waals surface area contributed by atoms with Gasteiger partial charge in [0.2, 0.25) is 0 Å². The van der Waals surface area contributed by atoms with Crippen molar-refractivity contribution in [3.05, 3.63) is 23.8 Å². The van der Waals surface area contributed by atoms with E-state index in [9.17, 15) is 0 Å². The second kappa shape index (κ2) is 4.89. The summed E-state index contributed by atoms with van der Waals surface area (Å²) < 4.78 is 0. The van der Waals surface area contributed by atoms with Gasteiger partial charge in [-0.2, -0.15) is 0 Å². The molecule has 0 aliphatic heterocycles. The number of rotatable bonds is 4. The highest BCUT2D eigenvalue weighted by Crippen LogP contribution is 1.93. The molecule has 1 rings (SSSR count). The molecule has 0 aliphatic carbocycles. The zero-order chi connectivity index (χ0) is 9.68. The van der Waals surface area contributed by atoms with Gasteiger partial charge in [-0.25, -0.2) is 0 Å². The minimum absolute atomic E-state index is 0.322. The van der Waals surface area contributed by atoms with E-state index in [-0.39, 0.29) is 0 Å².